The molecule has 0 saturated carbocycles. The number of anilines is 1. The van der Waals surface area contributed by atoms with Crippen molar-refractivity contribution in [2.45, 2.75) is 19.4 Å². The molecule has 0 fully saturated rings. The summed E-state index contributed by atoms with van der Waals surface area (Å²) in [4.78, 5) is 23.7. The zero-order valence-electron chi connectivity index (χ0n) is 9.95. The number of hydrogen-bond acceptors (Lipinski definition) is 4. The Morgan fingerprint density at radius 1 is 1.56 bits per heavy atom. The second kappa shape index (κ2) is 4.49. The van der Waals surface area contributed by atoms with E-state index in [2.05, 4.69) is 5.32 Å². The Morgan fingerprint density at radius 2 is 2.28 bits per heavy atom. The van der Waals surface area contributed by atoms with Crippen LogP contribution < -0.4 is 10.1 Å². The van der Waals surface area contributed by atoms with Gasteiger partial charge in [0.1, 0.15) is 5.75 Å². The fourth-order valence-electron chi connectivity index (χ4n) is 1.59. The molecule has 0 aliphatic carbocycles. The number of benzene rings is 1. The molecular formula is C12H12ClNO4. The fourth-order valence-corrected chi connectivity index (χ4v) is 1.76. The van der Waals surface area contributed by atoms with Gasteiger partial charge in [-0.05, 0) is 26.0 Å². The third-order valence-corrected chi connectivity index (χ3v) is 2.84. The summed E-state index contributed by atoms with van der Waals surface area (Å²) in [6.45, 7) is 3.20. The fraction of sp³-hybridized carbons (Fsp3) is 0.333. The van der Waals surface area contributed by atoms with Gasteiger partial charge in [-0.1, -0.05) is 11.6 Å². The molecule has 0 bridgehead atoms. The average Bonchev–Trinajstić information content (AvgIpc) is 2.31. The van der Waals surface area contributed by atoms with E-state index in [9.17, 15) is 9.59 Å². The normalized spacial score (nSPS) is 21.6. The van der Waals surface area contributed by atoms with Crippen LogP contribution in [0.1, 0.15) is 13.8 Å². The zero-order chi connectivity index (χ0) is 13.3. The van der Waals surface area contributed by atoms with Crippen molar-refractivity contribution in [1.29, 1.82) is 0 Å². The summed E-state index contributed by atoms with van der Waals surface area (Å²) in [7, 11) is 0. The molecule has 2 rings (SSSR count). The van der Waals surface area contributed by atoms with Gasteiger partial charge in [0, 0.05) is 11.1 Å². The highest BCUT2D eigenvalue weighted by atomic mass is 35.5. The lowest BCUT2D eigenvalue weighted by molar-refractivity contribution is -0.165. The number of esters is 1. The maximum Gasteiger partial charge on any atom is 0.360 e. The van der Waals surface area contributed by atoms with Crippen LogP contribution in [-0.2, 0) is 14.3 Å². The van der Waals surface area contributed by atoms with Crippen LogP contribution >= 0.6 is 11.6 Å². The van der Waals surface area contributed by atoms with Crippen molar-refractivity contribution in [2.75, 3.05) is 11.9 Å². The zero-order valence-corrected chi connectivity index (χ0v) is 10.7. The summed E-state index contributed by atoms with van der Waals surface area (Å²) >= 11 is 5.84. The molecular weight excluding hydrogens is 258 g/mol. The molecule has 0 aromatic heterocycles. The highest BCUT2D eigenvalue weighted by Crippen LogP contribution is 2.36. The Hall–Kier alpha value is -1.75. The SMILES string of the molecule is CCOC(=O)[C@@]1(C)Oc2cc(Cl)ccc2NC1=O. The van der Waals surface area contributed by atoms with E-state index >= 15 is 0 Å². The summed E-state index contributed by atoms with van der Waals surface area (Å²) in [6, 6.07) is 4.77. The molecule has 1 heterocycles. The first-order valence-corrected chi connectivity index (χ1v) is 5.82. The van der Waals surface area contributed by atoms with E-state index in [0.717, 1.165) is 0 Å². The Morgan fingerprint density at radius 3 is 2.94 bits per heavy atom. The molecule has 0 radical (unpaired) electrons. The number of amides is 1. The van der Waals surface area contributed by atoms with Crippen LogP contribution in [0.25, 0.3) is 0 Å². The third-order valence-electron chi connectivity index (χ3n) is 2.60. The maximum absolute atomic E-state index is 11.9. The topological polar surface area (TPSA) is 64.6 Å². The van der Waals surface area contributed by atoms with E-state index in [1.54, 1.807) is 19.1 Å². The minimum atomic E-state index is -1.69. The number of fused-ring (bicyclic) bond motifs is 1. The van der Waals surface area contributed by atoms with Gasteiger partial charge in [-0.15, -0.1) is 0 Å². The minimum absolute atomic E-state index is 0.174. The molecule has 5 nitrogen and oxygen atoms in total. The molecule has 0 saturated heterocycles. The number of nitrogens with one attached hydrogen (secondary N) is 1. The van der Waals surface area contributed by atoms with Crippen LogP contribution in [-0.4, -0.2) is 24.1 Å². The van der Waals surface area contributed by atoms with E-state index < -0.39 is 17.5 Å². The number of rotatable bonds is 2. The lowest BCUT2D eigenvalue weighted by Gasteiger charge is -2.32. The van der Waals surface area contributed by atoms with Gasteiger partial charge in [0.15, 0.2) is 0 Å². The van der Waals surface area contributed by atoms with Crippen LogP contribution in [0.3, 0.4) is 0 Å². The quantitative estimate of drug-likeness (QED) is 0.659. The van der Waals surface area contributed by atoms with Crippen molar-refractivity contribution >= 4 is 29.2 Å². The van der Waals surface area contributed by atoms with Crippen LogP contribution in [0.15, 0.2) is 18.2 Å². The number of hydrogen-bond donors (Lipinski definition) is 1. The molecule has 0 spiro atoms. The van der Waals surface area contributed by atoms with Gasteiger partial charge in [0.25, 0.3) is 11.5 Å². The predicted molar refractivity (Wildman–Crippen MR) is 65.7 cm³/mol. The van der Waals surface area contributed by atoms with E-state index in [4.69, 9.17) is 21.1 Å². The second-order valence-electron chi connectivity index (χ2n) is 3.95. The molecule has 1 atom stereocenters. The standard InChI is InChI=1S/C12H12ClNO4/c1-3-17-11(16)12(2)10(15)14-8-5-4-7(13)6-9(8)18-12/h4-6H,3H2,1-2H3,(H,14,15)/t12-/m0/s1. The van der Waals surface area contributed by atoms with E-state index in [1.807, 2.05) is 0 Å². The highest BCUT2D eigenvalue weighted by molar-refractivity contribution is 6.31. The largest absolute Gasteiger partial charge is 0.464 e. The molecule has 96 valence electrons. The van der Waals surface area contributed by atoms with Crippen LogP contribution in [0, 0.1) is 0 Å². The number of carbonyl (C=O) groups excluding carboxylic acids is 2. The third kappa shape index (κ3) is 2.01. The first kappa shape index (κ1) is 12.7. The smallest absolute Gasteiger partial charge is 0.360 e. The van der Waals surface area contributed by atoms with Gasteiger partial charge in [0.05, 0.1) is 12.3 Å². The van der Waals surface area contributed by atoms with E-state index in [0.29, 0.717) is 16.5 Å². The minimum Gasteiger partial charge on any atom is -0.464 e. The molecule has 1 amide bonds. The molecule has 1 aromatic rings. The first-order chi connectivity index (χ1) is 8.47. The molecule has 6 heteroatoms. The number of carbonyl (C=O) groups is 2. The molecule has 1 aliphatic heterocycles. The summed E-state index contributed by atoms with van der Waals surface area (Å²) in [6.07, 6.45) is 0. The van der Waals surface area contributed by atoms with Crippen molar-refractivity contribution in [1.82, 2.24) is 0 Å². The molecule has 0 unspecified atom stereocenters. The summed E-state index contributed by atoms with van der Waals surface area (Å²) in [5, 5.41) is 3.05. The molecule has 1 aliphatic rings. The van der Waals surface area contributed by atoms with Gasteiger partial charge in [-0.2, -0.15) is 0 Å². The monoisotopic (exact) mass is 269 g/mol. The van der Waals surface area contributed by atoms with Crippen LogP contribution in [0.4, 0.5) is 5.69 Å². The number of halogens is 1. The Kier molecular flexibility index (Phi) is 3.17. The lowest BCUT2D eigenvalue weighted by Crippen LogP contribution is -2.55. The predicted octanol–water partition coefficient (Wildman–Crippen LogP) is 1.99. The first-order valence-electron chi connectivity index (χ1n) is 5.44. The second-order valence-corrected chi connectivity index (χ2v) is 4.39. The maximum atomic E-state index is 11.9. The molecule has 1 N–H and O–H groups in total. The van der Waals surface area contributed by atoms with Crippen molar-refractivity contribution in [3.05, 3.63) is 23.2 Å². The summed E-state index contributed by atoms with van der Waals surface area (Å²) in [5.41, 5.74) is -1.21. The van der Waals surface area contributed by atoms with Gasteiger partial charge in [-0.3, -0.25) is 4.79 Å². The van der Waals surface area contributed by atoms with Crippen molar-refractivity contribution in [3.63, 3.8) is 0 Å². The van der Waals surface area contributed by atoms with Gasteiger partial charge < -0.3 is 14.8 Å². The Bertz CT molecular complexity index is 517. The van der Waals surface area contributed by atoms with Crippen molar-refractivity contribution in [2.24, 2.45) is 0 Å². The van der Waals surface area contributed by atoms with Crippen molar-refractivity contribution in [3.8, 4) is 5.75 Å². The van der Waals surface area contributed by atoms with Gasteiger partial charge >= 0.3 is 5.97 Å². The summed E-state index contributed by atoms with van der Waals surface area (Å²) < 4.78 is 10.3. The average molecular weight is 270 g/mol. The van der Waals surface area contributed by atoms with Crippen LogP contribution in [0.2, 0.25) is 5.02 Å². The molecule has 18 heavy (non-hydrogen) atoms. The van der Waals surface area contributed by atoms with E-state index in [-0.39, 0.29) is 6.61 Å². The Labute approximate surface area is 109 Å². The lowest BCUT2D eigenvalue weighted by atomic mass is 10.0. The molecule has 1 aromatic carbocycles. The van der Waals surface area contributed by atoms with E-state index in [1.165, 1.54) is 13.0 Å². The highest BCUT2D eigenvalue weighted by Gasteiger charge is 2.48. The summed E-state index contributed by atoms with van der Waals surface area (Å²) in [5.74, 6) is -0.943. The Balaban J connectivity index is 2.37. The van der Waals surface area contributed by atoms with Gasteiger partial charge in [0.2, 0.25) is 0 Å². The van der Waals surface area contributed by atoms with Crippen LogP contribution in [0.5, 0.6) is 5.75 Å². The number of ether oxygens (including phenoxy) is 2. The van der Waals surface area contributed by atoms with Gasteiger partial charge in [-0.25, -0.2) is 4.79 Å². The van der Waals surface area contributed by atoms with Crippen molar-refractivity contribution < 1.29 is 19.1 Å².